The Morgan fingerprint density at radius 2 is 1.92 bits per heavy atom. The molecule has 0 saturated carbocycles. The lowest BCUT2D eigenvalue weighted by Gasteiger charge is -2.07. The molecular formula is C22H18N2O2. The van der Waals surface area contributed by atoms with Crippen molar-refractivity contribution in [3.63, 3.8) is 0 Å². The Morgan fingerprint density at radius 3 is 2.73 bits per heavy atom. The van der Waals surface area contributed by atoms with Crippen LogP contribution in [-0.4, -0.2) is 18.0 Å². The third-order valence-electron chi connectivity index (χ3n) is 3.64. The first-order chi connectivity index (χ1) is 12.7. The van der Waals surface area contributed by atoms with E-state index in [0.717, 1.165) is 16.9 Å². The summed E-state index contributed by atoms with van der Waals surface area (Å²) in [5.41, 5.74) is 3.13. The van der Waals surface area contributed by atoms with Gasteiger partial charge in [-0.05, 0) is 53.9 Å². The van der Waals surface area contributed by atoms with E-state index in [4.69, 9.17) is 4.74 Å². The number of carbonyl (C=O) groups is 1. The average Bonchev–Trinajstić information content (AvgIpc) is 2.67. The van der Waals surface area contributed by atoms with Crippen LogP contribution in [0.1, 0.15) is 16.8 Å². The number of nitrogens with one attached hydrogen (secondary N) is 1. The Bertz CT molecular complexity index is 956. The number of hydrogen-bond donors (Lipinski definition) is 1. The zero-order chi connectivity index (χ0) is 18.2. The minimum absolute atomic E-state index is 0.0897. The van der Waals surface area contributed by atoms with Crippen molar-refractivity contribution in [1.29, 1.82) is 0 Å². The molecule has 0 radical (unpaired) electrons. The van der Waals surface area contributed by atoms with Gasteiger partial charge in [0.2, 0.25) is 5.91 Å². The van der Waals surface area contributed by atoms with Gasteiger partial charge in [0.1, 0.15) is 11.4 Å². The molecule has 4 nitrogen and oxygen atoms in total. The molecule has 0 spiro atoms. The quantitative estimate of drug-likeness (QED) is 0.736. The van der Waals surface area contributed by atoms with Gasteiger partial charge in [0.05, 0.1) is 13.5 Å². The Labute approximate surface area is 152 Å². The normalized spacial score (nSPS) is 9.73. The Hall–Kier alpha value is -3.58. The molecule has 0 atom stereocenters. The van der Waals surface area contributed by atoms with E-state index in [0.29, 0.717) is 11.4 Å². The fourth-order valence-electron chi connectivity index (χ4n) is 2.42. The van der Waals surface area contributed by atoms with Crippen LogP contribution in [0, 0.1) is 11.8 Å². The van der Waals surface area contributed by atoms with Gasteiger partial charge in [-0.2, -0.15) is 0 Å². The molecule has 26 heavy (non-hydrogen) atoms. The number of amides is 1. The summed E-state index contributed by atoms with van der Waals surface area (Å²) in [7, 11) is 1.61. The maximum atomic E-state index is 12.3. The monoisotopic (exact) mass is 342 g/mol. The van der Waals surface area contributed by atoms with Crippen molar-refractivity contribution in [2.24, 2.45) is 0 Å². The predicted octanol–water partition coefficient (Wildman–Crippen LogP) is 3.67. The molecule has 0 saturated heterocycles. The number of ether oxygens (including phenoxy) is 1. The third-order valence-corrected chi connectivity index (χ3v) is 3.64. The van der Waals surface area contributed by atoms with Gasteiger partial charge < -0.3 is 10.1 Å². The molecule has 0 aliphatic heterocycles. The highest BCUT2D eigenvalue weighted by molar-refractivity contribution is 5.92. The van der Waals surface area contributed by atoms with Crippen LogP contribution < -0.4 is 10.1 Å². The van der Waals surface area contributed by atoms with Crippen LogP contribution in [0.2, 0.25) is 0 Å². The Morgan fingerprint density at radius 1 is 1.04 bits per heavy atom. The number of benzene rings is 2. The fraction of sp³-hybridized carbons (Fsp3) is 0.0909. The number of nitrogens with zero attached hydrogens (tertiary/aromatic N) is 1. The zero-order valence-electron chi connectivity index (χ0n) is 14.4. The van der Waals surface area contributed by atoms with Crippen LogP contribution in [0.5, 0.6) is 5.75 Å². The van der Waals surface area contributed by atoms with Crippen molar-refractivity contribution < 1.29 is 9.53 Å². The lowest BCUT2D eigenvalue weighted by Crippen LogP contribution is -2.14. The fourth-order valence-corrected chi connectivity index (χ4v) is 2.42. The van der Waals surface area contributed by atoms with Crippen LogP contribution in [0.4, 0.5) is 5.69 Å². The first kappa shape index (κ1) is 17.2. The number of aromatic nitrogens is 1. The second-order valence-corrected chi connectivity index (χ2v) is 5.62. The van der Waals surface area contributed by atoms with E-state index in [1.165, 1.54) is 0 Å². The summed E-state index contributed by atoms with van der Waals surface area (Å²) in [6.07, 6.45) is 1.99. The van der Waals surface area contributed by atoms with E-state index in [1.54, 1.807) is 13.3 Å². The number of pyridine rings is 1. The largest absolute Gasteiger partial charge is 0.497 e. The summed E-state index contributed by atoms with van der Waals surface area (Å²) in [6.45, 7) is 0. The number of rotatable bonds is 4. The van der Waals surface area contributed by atoms with Crippen molar-refractivity contribution in [3.05, 3.63) is 89.7 Å². The summed E-state index contributed by atoms with van der Waals surface area (Å²) in [6, 6.07) is 20.5. The van der Waals surface area contributed by atoms with E-state index < -0.39 is 0 Å². The number of methoxy groups -OCH3 is 1. The van der Waals surface area contributed by atoms with E-state index >= 15 is 0 Å². The molecule has 1 amide bonds. The molecule has 128 valence electrons. The zero-order valence-corrected chi connectivity index (χ0v) is 14.4. The van der Waals surface area contributed by atoms with Gasteiger partial charge >= 0.3 is 0 Å². The molecule has 0 aliphatic carbocycles. The highest BCUT2D eigenvalue weighted by Gasteiger charge is 2.05. The molecule has 0 unspecified atom stereocenters. The minimum atomic E-state index is -0.0897. The van der Waals surface area contributed by atoms with Crippen molar-refractivity contribution in [3.8, 4) is 17.6 Å². The second kappa shape index (κ2) is 8.50. The number of hydrogen-bond acceptors (Lipinski definition) is 3. The first-order valence-corrected chi connectivity index (χ1v) is 8.19. The number of anilines is 1. The molecule has 0 fully saturated rings. The summed E-state index contributed by atoms with van der Waals surface area (Å²) in [5.74, 6) is 6.71. The lowest BCUT2D eigenvalue weighted by atomic mass is 10.1. The Kier molecular flexibility index (Phi) is 5.64. The summed E-state index contributed by atoms with van der Waals surface area (Å²) >= 11 is 0. The standard InChI is InChI=1S/C22H18N2O2/c1-26-21-10-5-7-18(15-21)16-22(25)24-20-9-4-6-17(14-20)11-12-19-8-2-3-13-23-19/h2-10,13-15H,16H2,1H3,(H,24,25). The SMILES string of the molecule is COc1cccc(CC(=O)Nc2cccc(C#Cc3ccccn3)c2)c1. The van der Waals surface area contributed by atoms with Crippen molar-refractivity contribution in [1.82, 2.24) is 4.98 Å². The van der Waals surface area contributed by atoms with Gasteiger partial charge in [0, 0.05) is 17.4 Å². The van der Waals surface area contributed by atoms with E-state index in [-0.39, 0.29) is 12.3 Å². The Balaban J connectivity index is 1.66. The van der Waals surface area contributed by atoms with E-state index in [2.05, 4.69) is 22.1 Å². The van der Waals surface area contributed by atoms with Gasteiger partial charge in [0.15, 0.2) is 0 Å². The third kappa shape index (κ3) is 4.96. The molecular weight excluding hydrogens is 324 g/mol. The second-order valence-electron chi connectivity index (χ2n) is 5.62. The molecule has 3 aromatic rings. The van der Waals surface area contributed by atoms with E-state index in [9.17, 15) is 4.79 Å². The molecule has 0 aliphatic rings. The molecule has 0 bridgehead atoms. The molecule has 1 aromatic heterocycles. The van der Waals surface area contributed by atoms with Crippen molar-refractivity contribution >= 4 is 11.6 Å². The molecule has 4 heteroatoms. The van der Waals surface area contributed by atoms with Crippen LogP contribution in [0.15, 0.2) is 72.9 Å². The van der Waals surface area contributed by atoms with Gasteiger partial charge in [-0.1, -0.05) is 30.2 Å². The lowest BCUT2D eigenvalue weighted by molar-refractivity contribution is -0.115. The van der Waals surface area contributed by atoms with Crippen LogP contribution in [0.3, 0.4) is 0 Å². The molecule has 1 heterocycles. The van der Waals surface area contributed by atoms with Gasteiger partial charge in [-0.25, -0.2) is 4.98 Å². The maximum absolute atomic E-state index is 12.3. The van der Waals surface area contributed by atoms with Crippen molar-refractivity contribution in [2.45, 2.75) is 6.42 Å². The highest BCUT2D eigenvalue weighted by atomic mass is 16.5. The molecule has 1 N–H and O–H groups in total. The van der Waals surface area contributed by atoms with Crippen molar-refractivity contribution in [2.75, 3.05) is 12.4 Å². The average molecular weight is 342 g/mol. The summed E-state index contributed by atoms with van der Waals surface area (Å²) in [5, 5.41) is 2.90. The smallest absolute Gasteiger partial charge is 0.228 e. The highest BCUT2D eigenvalue weighted by Crippen LogP contribution is 2.14. The van der Waals surface area contributed by atoms with Gasteiger partial charge in [-0.3, -0.25) is 4.79 Å². The van der Waals surface area contributed by atoms with Crippen LogP contribution in [-0.2, 0) is 11.2 Å². The number of carbonyl (C=O) groups excluding carboxylic acids is 1. The topological polar surface area (TPSA) is 51.2 Å². The predicted molar refractivity (Wildman–Crippen MR) is 102 cm³/mol. The minimum Gasteiger partial charge on any atom is -0.497 e. The molecule has 3 rings (SSSR count). The first-order valence-electron chi connectivity index (χ1n) is 8.19. The maximum Gasteiger partial charge on any atom is 0.228 e. The molecule has 2 aromatic carbocycles. The summed E-state index contributed by atoms with van der Waals surface area (Å²) < 4.78 is 5.18. The summed E-state index contributed by atoms with van der Waals surface area (Å²) in [4.78, 5) is 16.4. The van der Waals surface area contributed by atoms with Crippen LogP contribution >= 0.6 is 0 Å². The van der Waals surface area contributed by atoms with Gasteiger partial charge in [0.25, 0.3) is 0 Å². The van der Waals surface area contributed by atoms with Gasteiger partial charge in [-0.15, -0.1) is 0 Å². The van der Waals surface area contributed by atoms with E-state index in [1.807, 2.05) is 66.7 Å². The van der Waals surface area contributed by atoms with Crippen LogP contribution in [0.25, 0.3) is 0 Å².